The van der Waals surface area contributed by atoms with Gasteiger partial charge in [0.15, 0.2) is 0 Å². The third-order valence-electron chi connectivity index (χ3n) is 3.29. The van der Waals surface area contributed by atoms with E-state index in [4.69, 9.17) is 4.74 Å². The lowest BCUT2D eigenvalue weighted by molar-refractivity contribution is -0.153. The first-order valence-corrected chi connectivity index (χ1v) is 7.48. The molecule has 108 valence electrons. The minimum absolute atomic E-state index is 0.161. The zero-order valence-electron chi connectivity index (χ0n) is 11.7. The highest BCUT2D eigenvalue weighted by molar-refractivity contribution is 7.09. The van der Waals surface area contributed by atoms with Gasteiger partial charge in [-0.3, -0.25) is 4.79 Å². The largest absolute Gasteiger partial charge is 0.467 e. The number of aromatic nitrogens is 1. The van der Waals surface area contributed by atoms with Gasteiger partial charge in [-0.25, -0.2) is 9.78 Å². The first-order valence-electron chi connectivity index (χ1n) is 6.60. The number of ether oxygens (including phenoxy) is 1. The second-order valence-electron chi connectivity index (χ2n) is 4.69. The lowest BCUT2D eigenvalue weighted by Gasteiger charge is -2.32. The summed E-state index contributed by atoms with van der Waals surface area (Å²) in [5.41, 5.74) is 0.771. The maximum atomic E-state index is 12.2. The molecular weight excluding hydrogens is 276 g/mol. The van der Waals surface area contributed by atoms with Crippen molar-refractivity contribution in [3.8, 4) is 0 Å². The minimum atomic E-state index is -0.455. The van der Waals surface area contributed by atoms with Crippen molar-refractivity contribution in [1.82, 2.24) is 9.88 Å². The lowest BCUT2D eigenvalue weighted by atomic mass is 10.0. The van der Waals surface area contributed by atoms with E-state index in [2.05, 4.69) is 4.98 Å². The van der Waals surface area contributed by atoms with Crippen LogP contribution in [0.1, 0.15) is 30.0 Å². The van der Waals surface area contributed by atoms with Crippen molar-refractivity contribution in [2.75, 3.05) is 13.7 Å². The topological polar surface area (TPSA) is 59.5 Å². The van der Waals surface area contributed by atoms with Crippen LogP contribution in [0.3, 0.4) is 0 Å². The van der Waals surface area contributed by atoms with Gasteiger partial charge in [-0.15, -0.1) is 11.3 Å². The summed E-state index contributed by atoms with van der Waals surface area (Å²) in [4.78, 5) is 29.8. The predicted octanol–water partition coefficient (Wildman–Crippen LogP) is 2.02. The number of carbonyl (C=O) groups excluding carboxylic acids is 2. The number of likely N-dealkylation sites (tertiary alicyclic amines) is 1. The van der Waals surface area contributed by atoms with Gasteiger partial charge in [0.25, 0.3) is 0 Å². The van der Waals surface area contributed by atoms with Crippen LogP contribution in [0.5, 0.6) is 0 Å². The molecule has 20 heavy (non-hydrogen) atoms. The molecule has 0 aliphatic carbocycles. The molecular formula is C14H18N2O3S. The predicted molar refractivity (Wildman–Crippen MR) is 77.3 cm³/mol. The summed E-state index contributed by atoms with van der Waals surface area (Å²) in [7, 11) is 1.35. The van der Waals surface area contributed by atoms with Crippen molar-refractivity contribution < 1.29 is 14.3 Å². The number of carbonyl (C=O) groups is 2. The van der Waals surface area contributed by atoms with Gasteiger partial charge in [0.1, 0.15) is 6.04 Å². The SMILES string of the molecule is COC(=O)C1CCCCN1C(=O)/C=C/c1csc(C)n1. The average molecular weight is 294 g/mol. The molecule has 2 rings (SSSR count). The van der Waals surface area contributed by atoms with E-state index in [1.54, 1.807) is 11.0 Å². The number of hydrogen-bond donors (Lipinski definition) is 0. The zero-order chi connectivity index (χ0) is 14.5. The van der Waals surface area contributed by atoms with E-state index in [1.807, 2.05) is 12.3 Å². The molecule has 1 aromatic rings. The first kappa shape index (κ1) is 14.7. The molecule has 1 aromatic heterocycles. The molecule has 0 radical (unpaired) electrons. The van der Waals surface area contributed by atoms with Crippen LogP contribution in [0, 0.1) is 6.92 Å². The van der Waals surface area contributed by atoms with Gasteiger partial charge in [0, 0.05) is 18.0 Å². The number of methoxy groups -OCH3 is 1. The summed E-state index contributed by atoms with van der Waals surface area (Å²) < 4.78 is 4.77. The Morgan fingerprint density at radius 1 is 1.50 bits per heavy atom. The third kappa shape index (κ3) is 3.45. The summed E-state index contributed by atoms with van der Waals surface area (Å²) in [6, 6.07) is -0.455. The Hall–Kier alpha value is -1.69. The zero-order valence-corrected chi connectivity index (χ0v) is 12.5. The molecule has 5 nitrogen and oxygen atoms in total. The van der Waals surface area contributed by atoms with Crippen LogP contribution in [0.2, 0.25) is 0 Å². The van der Waals surface area contributed by atoms with Gasteiger partial charge < -0.3 is 9.64 Å². The summed E-state index contributed by atoms with van der Waals surface area (Å²) in [6.45, 7) is 2.51. The normalized spacial score (nSPS) is 19.3. The Morgan fingerprint density at radius 3 is 2.95 bits per heavy atom. The van der Waals surface area contributed by atoms with Crippen molar-refractivity contribution in [2.45, 2.75) is 32.2 Å². The van der Waals surface area contributed by atoms with Crippen molar-refractivity contribution in [1.29, 1.82) is 0 Å². The number of amides is 1. The Labute approximate surface area is 122 Å². The summed E-state index contributed by atoms with van der Waals surface area (Å²) in [5, 5.41) is 2.86. The molecule has 1 amide bonds. The fraction of sp³-hybridized carbons (Fsp3) is 0.500. The van der Waals surface area contributed by atoms with E-state index in [1.165, 1.54) is 24.5 Å². The molecule has 0 saturated carbocycles. The molecule has 0 aromatic carbocycles. The Morgan fingerprint density at radius 2 is 2.30 bits per heavy atom. The smallest absolute Gasteiger partial charge is 0.328 e. The van der Waals surface area contributed by atoms with Crippen LogP contribution in [-0.2, 0) is 14.3 Å². The number of piperidine rings is 1. The van der Waals surface area contributed by atoms with Gasteiger partial charge in [-0.2, -0.15) is 0 Å². The quantitative estimate of drug-likeness (QED) is 0.632. The van der Waals surface area contributed by atoms with Crippen molar-refractivity contribution in [3.05, 3.63) is 22.2 Å². The molecule has 1 atom stereocenters. The van der Waals surface area contributed by atoms with Crippen LogP contribution >= 0.6 is 11.3 Å². The molecule has 1 unspecified atom stereocenters. The summed E-state index contributed by atoms with van der Waals surface area (Å²) in [5.74, 6) is -0.498. The highest BCUT2D eigenvalue weighted by Gasteiger charge is 2.31. The van der Waals surface area contributed by atoms with Crippen LogP contribution in [0.25, 0.3) is 6.08 Å². The number of esters is 1. The maximum absolute atomic E-state index is 12.2. The number of aryl methyl sites for hydroxylation is 1. The number of nitrogens with zero attached hydrogens (tertiary/aromatic N) is 2. The Kier molecular flexibility index (Phi) is 4.89. The second kappa shape index (κ2) is 6.65. The molecule has 2 heterocycles. The van der Waals surface area contributed by atoms with Crippen LogP contribution in [0.15, 0.2) is 11.5 Å². The fourth-order valence-corrected chi connectivity index (χ4v) is 2.87. The van der Waals surface area contributed by atoms with Crippen LogP contribution < -0.4 is 0 Å². The monoisotopic (exact) mass is 294 g/mol. The van der Waals surface area contributed by atoms with Gasteiger partial charge in [0.05, 0.1) is 17.8 Å². The molecule has 1 fully saturated rings. The number of rotatable bonds is 3. The van der Waals surface area contributed by atoms with E-state index < -0.39 is 6.04 Å². The standard InChI is InChI=1S/C14H18N2O3S/c1-10-15-11(9-20-10)6-7-13(17)16-8-4-3-5-12(16)14(18)19-2/h6-7,9,12H,3-5,8H2,1-2H3/b7-6+. The highest BCUT2D eigenvalue weighted by Crippen LogP contribution is 2.19. The summed E-state index contributed by atoms with van der Waals surface area (Å²) in [6.07, 6.45) is 5.70. The van der Waals surface area contributed by atoms with E-state index in [0.29, 0.717) is 13.0 Å². The van der Waals surface area contributed by atoms with Gasteiger partial charge in [0.2, 0.25) is 5.91 Å². The fourth-order valence-electron chi connectivity index (χ4n) is 2.29. The molecule has 1 aliphatic rings. The molecule has 1 aliphatic heterocycles. The maximum Gasteiger partial charge on any atom is 0.328 e. The Bertz CT molecular complexity index is 524. The van der Waals surface area contributed by atoms with E-state index in [9.17, 15) is 9.59 Å². The van der Waals surface area contributed by atoms with Crippen LogP contribution in [0.4, 0.5) is 0 Å². The number of thiazole rings is 1. The van der Waals surface area contributed by atoms with Gasteiger partial charge >= 0.3 is 5.97 Å². The Balaban J connectivity index is 2.06. The van der Waals surface area contributed by atoms with Crippen molar-refractivity contribution >= 4 is 29.3 Å². The first-order chi connectivity index (χ1) is 9.61. The van der Waals surface area contributed by atoms with E-state index in [-0.39, 0.29) is 11.9 Å². The molecule has 6 heteroatoms. The van der Waals surface area contributed by atoms with Gasteiger partial charge in [-0.1, -0.05) is 0 Å². The van der Waals surface area contributed by atoms with E-state index in [0.717, 1.165) is 23.5 Å². The molecule has 0 spiro atoms. The lowest BCUT2D eigenvalue weighted by Crippen LogP contribution is -2.47. The molecule has 0 bridgehead atoms. The second-order valence-corrected chi connectivity index (χ2v) is 5.75. The number of hydrogen-bond acceptors (Lipinski definition) is 5. The third-order valence-corrected chi connectivity index (χ3v) is 4.08. The molecule has 0 N–H and O–H groups in total. The van der Waals surface area contributed by atoms with Crippen molar-refractivity contribution in [3.63, 3.8) is 0 Å². The molecule has 1 saturated heterocycles. The van der Waals surface area contributed by atoms with Crippen molar-refractivity contribution in [2.24, 2.45) is 0 Å². The highest BCUT2D eigenvalue weighted by atomic mass is 32.1. The van der Waals surface area contributed by atoms with Crippen LogP contribution in [-0.4, -0.2) is 41.5 Å². The summed E-state index contributed by atoms with van der Waals surface area (Å²) >= 11 is 1.54. The van der Waals surface area contributed by atoms with Gasteiger partial charge in [-0.05, 0) is 32.3 Å². The average Bonchev–Trinajstić information content (AvgIpc) is 2.89. The minimum Gasteiger partial charge on any atom is -0.467 e. The van der Waals surface area contributed by atoms with E-state index >= 15 is 0 Å².